The highest BCUT2D eigenvalue weighted by atomic mass is 32.2. The molecule has 0 bridgehead atoms. The summed E-state index contributed by atoms with van der Waals surface area (Å²) in [4.78, 5) is 11.3. The minimum Gasteiger partial charge on any atom is -0.497 e. The van der Waals surface area contributed by atoms with E-state index >= 15 is 0 Å². The normalized spacial score (nSPS) is 11.2. The molecule has 0 spiro atoms. The monoisotopic (exact) mass is 258 g/mol. The first kappa shape index (κ1) is 13.7. The van der Waals surface area contributed by atoms with Crippen LogP contribution in [0.2, 0.25) is 0 Å². The zero-order chi connectivity index (χ0) is 12.9. The molecule has 0 aliphatic carbocycles. The Labute approximate surface area is 100 Å². The average Bonchev–Trinajstić information content (AvgIpc) is 2.28. The van der Waals surface area contributed by atoms with Gasteiger partial charge in [0.1, 0.15) is 18.1 Å². The van der Waals surface area contributed by atoms with E-state index in [9.17, 15) is 13.2 Å². The van der Waals surface area contributed by atoms with Gasteiger partial charge in [-0.2, -0.15) is 0 Å². The largest absolute Gasteiger partial charge is 0.497 e. The molecule has 0 unspecified atom stereocenters. The van der Waals surface area contributed by atoms with Crippen LogP contribution in [0.3, 0.4) is 0 Å². The second-order valence-electron chi connectivity index (χ2n) is 3.41. The van der Waals surface area contributed by atoms with E-state index in [1.165, 1.54) is 26.4 Å². The average molecular weight is 258 g/mol. The maximum Gasteiger partial charge on any atom is 0.185 e. The van der Waals surface area contributed by atoms with E-state index in [2.05, 4.69) is 4.74 Å². The highest BCUT2D eigenvalue weighted by Crippen LogP contribution is 2.18. The van der Waals surface area contributed by atoms with Crippen molar-refractivity contribution >= 4 is 15.6 Å². The van der Waals surface area contributed by atoms with Crippen LogP contribution in [0.1, 0.15) is 0 Å². The lowest BCUT2D eigenvalue weighted by molar-refractivity contribution is -0.120. The fraction of sp³-hybridized carbons (Fsp3) is 0.364. The van der Waals surface area contributed by atoms with Gasteiger partial charge in [-0.25, -0.2) is 8.42 Å². The van der Waals surface area contributed by atoms with Crippen molar-refractivity contribution in [3.05, 3.63) is 24.3 Å². The molecule has 94 valence electrons. The number of hydrogen-bond acceptors (Lipinski definition) is 5. The molecule has 0 radical (unpaired) electrons. The summed E-state index contributed by atoms with van der Waals surface area (Å²) >= 11 is 0. The van der Waals surface area contributed by atoms with Crippen LogP contribution in [-0.2, 0) is 19.4 Å². The van der Waals surface area contributed by atoms with Gasteiger partial charge in [0.15, 0.2) is 15.6 Å². The number of hydrogen-bond donors (Lipinski definition) is 0. The number of sulfone groups is 1. The van der Waals surface area contributed by atoms with E-state index in [0.29, 0.717) is 5.75 Å². The van der Waals surface area contributed by atoms with Crippen molar-refractivity contribution < 1.29 is 22.7 Å². The summed E-state index contributed by atoms with van der Waals surface area (Å²) in [6, 6.07) is 6.01. The molecule has 0 aliphatic heterocycles. The zero-order valence-corrected chi connectivity index (χ0v) is 10.5. The second kappa shape index (κ2) is 5.79. The molecule has 1 aromatic carbocycles. The summed E-state index contributed by atoms with van der Waals surface area (Å²) in [6.07, 6.45) is 0. The van der Waals surface area contributed by atoms with Crippen molar-refractivity contribution in [1.29, 1.82) is 0 Å². The van der Waals surface area contributed by atoms with Crippen molar-refractivity contribution in [2.75, 3.05) is 26.6 Å². The quantitative estimate of drug-likeness (QED) is 0.750. The molecule has 0 heterocycles. The van der Waals surface area contributed by atoms with Crippen molar-refractivity contribution in [2.24, 2.45) is 0 Å². The molecule has 1 rings (SSSR count). The van der Waals surface area contributed by atoms with Crippen LogP contribution >= 0.6 is 0 Å². The molecule has 17 heavy (non-hydrogen) atoms. The minimum absolute atomic E-state index is 0.0707. The third-order valence-corrected chi connectivity index (χ3v) is 3.73. The maximum absolute atomic E-state index is 11.9. The lowest BCUT2D eigenvalue weighted by Gasteiger charge is -2.05. The number of carbonyl (C=O) groups excluding carboxylic acids is 1. The molecule has 0 N–H and O–H groups in total. The summed E-state index contributed by atoms with van der Waals surface area (Å²) in [6.45, 7) is -0.205. The van der Waals surface area contributed by atoms with E-state index in [1.807, 2.05) is 0 Å². The highest BCUT2D eigenvalue weighted by Gasteiger charge is 2.19. The van der Waals surface area contributed by atoms with Gasteiger partial charge < -0.3 is 9.47 Å². The first-order valence-electron chi connectivity index (χ1n) is 4.87. The van der Waals surface area contributed by atoms with Gasteiger partial charge in [0.05, 0.1) is 12.0 Å². The Kier molecular flexibility index (Phi) is 4.65. The fourth-order valence-electron chi connectivity index (χ4n) is 1.29. The van der Waals surface area contributed by atoms with Crippen LogP contribution in [0.25, 0.3) is 0 Å². The molecule has 0 amide bonds. The first-order valence-corrected chi connectivity index (χ1v) is 6.52. The Hall–Kier alpha value is -1.40. The Balaban J connectivity index is 2.93. The van der Waals surface area contributed by atoms with E-state index in [-0.39, 0.29) is 11.5 Å². The van der Waals surface area contributed by atoms with Crippen LogP contribution in [0.15, 0.2) is 29.2 Å². The molecular weight excluding hydrogens is 244 g/mol. The Bertz CT molecular complexity index is 492. The van der Waals surface area contributed by atoms with Crippen LogP contribution in [0.4, 0.5) is 0 Å². The molecule has 0 fully saturated rings. The highest BCUT2D eigenvalue weighted by molar-refractivity contribution is 7.92. The lowest BCUT2D eigenvalue weighted by Crippen LogP contribution is -2.19. The summed E-state index contributed by atoms with van der Waals surface area (Å²) in [5.74, 6) is -0.603. The van der Waals surface area contributed by atoms with Gasteiger partial charge in [0.2, 0.25) is 0 Å². The van der Waals surface area contributed by atoms with Gasteiger partial charge in [-0.1, -0.05) is 6.07 Å². The minimum atomic E-state index is -3.62. The predicted octanol–water partition coefficient (Wildman–Crippen LogP) is 0.684. The van der Waals surface area contributed by atoms with E-state index in [1.54, 1.807) is 12.1 Å². The number of benzene rings is 1. The number of Topliss-reactive ketones (excluding diaryl/α,β-unsaturated/α-hetero) is 1. The van der Waals surface area contributed by atoms with Gasteiger partial charge in [0.25, 0.3) is 0 Å². The van der Waals surface area contributed by atoms with Crippen molar-refractivity contribution in [3.8, 4) is 5.75 Å². The molecule has 0 aromatic heterocycles. The number of rotatable bonds is 6. The molecule has 0 aliphatic rings. The maximum atomic E-state index is 11.9. The Morgan fingerprint density at radius 2 is 2.00 bits per heavy atom. The second-order valence-corrected chi connectivity index (χ2v) is 5.40. The van der Waals surface area contributed by atoms with Gasteiger partial charge >= 0.3 is 0 Å². The topological polar surface area (TPSA) is 69.7 Å². The SMILES string of the molecule is COCC(=O)CS(=O)(=O)c1cccc(OC)c1. The fourth-order valence-corrected chi connectivity index (χ4v) is 2.55. The Morgan fingerprint density at radius 1 is 1.29 bits per heavy atom. The van der Waals surface area contributed by atoms with Gasteiger partial charge in [0, 0.05) is 7.11 Å². The van der Waals surface area contributed by atoms with Crippen LogP contribution < -0.4 is 4.74 Å². The molecule has 0 saturated carbocycles. The van der Waals surface area contributed by atoms with Crippen molar-refractivity contribution in [2.45, 2.75) is 4.90 Å². The molecular formula is C11H14O5S. The van der Waals surface area contributed by atoms with Crippen LogP contribution in [0.5, 0.6) is 5.75 Å². The number of ether oxygens (including phenoxy) is 2. The molecule has 6 heteroatoms. The smallest absolute Gasteiger partial charge is 0.185 e. The van der Waals surface area contributed by atoms with Crippen molar-refractivity contribution in [1.82, 2.24) is 0 Å². The Morgan fingerprint density at radius 3 is 2.59 bits per heavy atom. The standard InChI is InChI=1S/C11H14O5S/c1-15-7-9(12)8-17(13,14)11-5-3-4-10(6-11)16-2/h3-6H,7-8H2,1-2H3. The summed E-state index contributed by atoms with van der Waals surface area (Å²) < 4.78 is 33.2. The summed E-state index contributed by atoms with van der Waals surface area (Å²) in [5, 5.41) is 0. The summed E-state index contributed by atoms with van der Waals surface area (Å²) in [7, 11) is -0.834. The molecule has 0 saturated heterocycles. The third-order valence-electron chi connectivity index (χ3n) is 2.06. The number of ketones is 1. The molecule has 0 atom stereocenters. The third kappa shape index (κ3) is 3.83. The van der Waals surface area contributed by atoms with E-state index in [4.69, 9.17) is 4.74 Å². The lowest BCUT2D eigenvalue weighted by atomic mass is 10.3. The van der Waals surface area contributed by atoms with E-state index in [0.717, 1.165) is 0 Å². The van der Waals surface area contributed by atoms with Gasteiger partial charge in [-0.15, -0.1) is 0 Å². The summed E-state index contributed by atoms with van der Waals surface area (Å²) in [5.41, 5.74) is 0. The molecule has 1 aromatic rings. The number of methoxy groups -OCH3 is 2. The first-order chi connectivity index (χ1) is 7.99. The van der Waals surface area contributed by atoms with Gasteiger partial charge in [-0.3, -0.25) is 4.79 Å². The van der Waals surface area contributed by atoms with Crippen molar-refractivity contribution in [3.63, 3.8) is 0 Å². The molecule has 5 nitrogen and oxygen atoms in total. The van der Waals surface area contributed by atoms with Crippen LogP contribution in [-0.4, -0.2) is 40.8 Å². The van der Waals surface area contributed by atoms with Gasteiger partial charge in [-0.05, 0) is 18.2 Å². The number of carbonyl (C=O) groups is 1. The predicted molar refractivity (Wildman–Crippen MR) is 61.9 cm³/mol. The van der Waals surface area contributed by atoms with E-state index < -0.39 is 21.4 Å². The van der Waals surface area contributed by atoms with Crippen LogP contribution in [0, 0.1) is 0 Å². The zero-order valence-electron chi connectivity index (χ0n) is 9.67.